The molecule has 0 radical (unpaired) electrons. The zero-order valence-electron chi connectivity index (χ0n) is 15.0. The van der Waals surface area contributed by atoms with Crippen LogP contribution in [-0.4, -0.2) is 27.9 Å². The molecule has 3 aromatic rings. The molecular formula is C22H24N4. The molecule has 1 fully saturated rings. The molecule has 0 saturated carbocycles. The number of hydrogen-bond acceptors (Lipinski definition) is 3. The van der Waals surface area contributed by atoms with Crippen molar-refractivity contribution in [2.45, 2.75) is 38.1 Å². The number of aryl methyl sites for hydroxylation is 2. The molecule has 0 unspecified atom stereocenters. The van der Waals surface area contributed by atoms with Gasteiger partial charge in [0, 0.05) is 29.7 Å². The van der Waals surface area contributed by atoms with Gasteiger partial charge < -0.3 is 5.32 Å². The number of piperidine rings is 1. The first kappa shape index (κ1) is 15.8. The van der Waals surface area contributed by atoms with Gasteiger partial charge in [0.05, 0.1) is 6.04 Å². The number of nitrogens with one attached hydrogen (secondary N) is 1. The minimum Gasteiger partial charge on any atom is -0.317 e. The molecule has 0 spiro atoms. The molecule has 3 heterocycles. The summed E-state index contributed by atoms with van der Waals surface area (Å²) < 4.78 is 2.21. The molecule has 4 nitrogen and oxygen atoms in total. The topological polar surface area (TPSA) is 42.7 Å². The molecule has 0 atom stereocenters. The summed E-state index contributed by atoms with van der Waals surface area (Å²) in [6, 6.07) is 11.6. The molecule has 1 N–H and O–H groups in total. The Bertz CT molecular complexity index is 907. The average Bonchev–Trinajstić information content (AvgIpc) is 3.36. The molecule has 4 heteroatoms. The van der Waals surface area contributed by atoms with Crippen molar-refractivity contribution in [1.82, 2.24) is 20.1 Å². The number of aromatic nitrogens is 3. The van der Waals surface area contributed by atoms with Gasteiger partial charge in [-0.1, -0.05) is 18.2 Å². The summed E-state index contributed by atoms with van der Waals surface area (Å²) in [6.07, 6.45) is 12.0. The summed E-state index contributed by atoms with van der Waals surface area (Å²) >= 11 is 0. The van der Waals surface area contributed by atoms with Crippen LogP contribution >= 0.6 is 0 Å². The third-order valence-electron chi connectivity index (χ3n) is 5.78. The van der Waals surface area contributed by atoms with Crippen molar-refractivity contribution in [2.75, 3.05) is 13.1 Å². The number of rotatable bonds is 3. The molecule has 132 valence electrons. The summed E-state index contributed by atoms with van der Waals surface area (Å²) in [5.74, 6) is 0. The van der Waals surface area contributed by atoms with Crippen molar-refractivity contribution in [3.63, 3.8) is 0 Å². The van der Waals surface area contributed by atoms with E-state index < -0.39 is 0 Å². The van der Waals surface area contributed by atoms with Gasteiger partial charge in [0.1, 0.15) is 5.69 Å². The molecule has 1 aromatic carbocycles. The number of hydrogen-bond donors (Lipinski definition) is 1. The van der Waals surface area contributed by atoms with E-state index in [4.69, 9.17) is 5.10 Å². The van der Waals surface area contributed by atoms with Crippen LogP contribution in [0.3, 0.4) is 0 Å². The van der Waals surface area contributed by atoms with Gasteiger partial charge in [-0.15, -0.1) is 0 Å². The van der Waals surface area contributed by atoms with Crippen LogP contribution in [0.15, 0.2) is 48.9 Å². The van der Waals surface area contributed by atoms with Gasteiger partial charge in [-0.05, 0) is 74.0 Å². The van der Waals surface area contributed by atoms with Crippen LogP contribution in [0, 0.1) is 0 Å². The molecule has 1 aliphatic heterocycles. The lowest BCUT2D eigenvalue weighted by Gasteiger charge is -2.22. The Hall–Kier alpha value is -2.46. The lowest BCUT2D eigenvalue weighted by Crippen LogP contribution is -2.29. The second kappa shape index (κ2) is 6.69. The fourth-order valence-corrected chi connectivity index (χ4v) is 4.32. The molecule has 2 aliphatic rings. The summed E-state index contributed by atoms with van der Waals surface area (Å²) in [5.41, 5.74) is 7.77. The average molecular weight is 344 g/mol. The Balaban J connectivity index is 1.61. The van der Waals surface area contributed by atoms with Gasteiger partial charge in [0.2, 0.25) is 0 Å². The minimum atomic E-state index is 0.486. The first-order chi connectivity index (χ1) is 12.9. The SMILES string of the molecule is c1cc(-c2nn(C3CCNCC3)cc2-c2ccc3c(c2)CCC3)ccn1. The molecule has 0 amide bonds. The van der Waals surface area contributed by atoms with Crippen molar-refractivity contribution >= 4 is 0 Å². The number of benzene rings is 1. The highest BCUT2D eigenvalue weighted by Crippen LogP contribution is 2.35. The first-order valence-corrected chi connectivity index (χ1v) is 9.71. The lowest BCUT2D eigenvalue weighted by molar-refractivity contribution is 0.344. The van der Waals surface area contributed by atoms with Crippen molar-refractivity contribution in [3.8, 4) is 22.4 Å². The van der Waals surface area contributed by atoms with E-state index in [2.05, 4.69) is 51.5 Å². The number of nitrogens with zero attached hydrogens (tertiary/aromatic N) is 3. The summed E-state index contributed by atoms with van der Waals surface area (Å²) in [7, 11) is 0. The van der Waals surface area contributed by atoms with E-state index in [0.29, 0.717) is 6.04 Å². The summed E-state index contributed by atoms with van der Waals surface area (Å²) in [5, 5.41) is 8.48. The van der Waals surface area contributed by atoms with E-state index >= 15 is 0 Å². The molecular weight excluding hydrogens is 320 g/mol. The Labute approximate surface area is 154 Å². The highest BCUT2D eigenvalue weighted by molar-refractivity contribution is 5.80. The quantitative estimate of drug-likeness (QED) is 0.780. The number of fused-ring (bicyclic) bond motifs is 1. The maximum absolute atomic E-state index is 5.04. The zero-order chi connectivity index (χ0) is 17.3. The fourth-order valence-electron chi connectivity index (χ4n) is 4.32. The van der Waals surface area contributed by atoms with Crippen LogP contribution in [0.25, 0.3) is 22.4 Å². The fraction of sp³-hybridized carbons (Fsp3) is 0.364. The molecule has 2 aromatic heterocycles. The second-order valence-corrected chi connectivity index (χ2v) is 7.43. The van der Waals surface area contributed by atoms with Crippen LogP contribution in [0.5, 0.6) is 0 Å². The van der Waals surface area contributed by atoms with Gasteiger partial charge in [0.15, 0.2) is 0 Å². The van der Waals surface area contributed by atoms with Crippen LogP contribution in [0.4, 0.5) is 0 Å². The monoisotopic (exact) mass is 344 g/mol. The van der Waals surface area contributed by atoms with Crippen LogP contribution in [0.2, 0.25) is 0 Å². The highest BCUT2D eigenvalue weighted by atomic mass is 15.3. The standard InChI is InChI=1S/C22H24N4/c1-2-16-4-5-19(14-18(16)3-1)21-15-26(20-8-12-24-13-9-20)25-22(21)17-6-10-23-11-7-17/h4-7,10-11,14-15,20,24H,1-3,8-9,12-13H2. The predicted octanol–water partition coefficient (Wildman–Crippen LogP) is 4.03. The van der Waals surface area contributed by atoms with Crippen molar-refractivity contribution in [3.05, 3.63) is 60.0 Å². The maximum atomic E-state index is 5.04. The molecule has 5 rings (SSSR count). The predicted molar refractivity (Wildman–Crippen MR) is 104 cm³/mol. The normalized spacial score (nSPS) is 17.4. The van der Waals surface area contributed by atoms with Crippen molar-refractivity contribution in [2.24, 2.45) is 0 Å². The Morgan fingerprint density at radius 1 is 0.923 bits per heavy atom. The molecule has 1 aliphatic carbocycles. The summed E-state index contributed by atoms with van der Waals surface area (Å²) in [6.45, 7) is 2.15. The summed E-state index contributed by atoms with van der Waals surface area (Å²) in [4.78, 5) is 4.17. The lowest BCUT2D eigenvalue weighted by atomic mass is 9.99. The molecule has 26 heavy (non-hydrogen) atoms. The van der Waals surface area contributed by atoms with Crippen molar-refractivity contribution in [1.29, 1.82) is 0 Å². The molecule has 1 saturated heterocycles. The van der Waals surface area contributed by atoms with E-state index in [9.17, 15) is 0 Å². The van der Waals surface area contributed by atoms with Crippen LogP contribution < -0.4 is 5.32 Å². The Morgan fingerprint density at radius 2 is 1.73 bits per heavy atom. The van der Waals surface area contributed by atoms with E-state index in [1.54, 1.807) is 0 Å². The smallest absolute Gasteiger partial charge is 0.100 e. The van der Waals surface area contributed by atoms with E-state index in [0.717, 1.165) is 37.2 Å². The van der Waals surface area contributed by atoms with Crippen LogP contribution in [-0.2, 0) is 12.8 Å². The highest BCUT2D eigenvalue weighted by Gasteiger charge is 2.21. The number of pyridine rings is 1. The second-order valence-electron chi connectivity index (χ2n) is 7.43. The van der Waals surface area contributed by atoms with E-state index in [-0.39, 0.29) is 0 Å². The van der Waals surface area contributed by atoms with Crippen molar-refractivity contribution < 1.29 is 0 Å². The Kier molecular flexibility index (Phi) is 4.06. The van der Waals surface area contributed by atoms with Gasteiger partial charge in [-0.2, -0.15) is 5.10 Å². The Morgan fingerprint density at radius 3 is 2.58 bits per heavy atom. The largest absolute Gasteiger partial charge is 0.317 e. The minimum absolute atomic E-state index is 0.486. The van der Waals surface area contributed by atoms with Gasteiger partial charge in [-0.3, -0.25) is 9.67 Å². The first-order valence-electron chi connectivity index (χ1n) is 9.71. The molecule has 0 bridgehead atoms. The van der Waals surface area contributed by atoms with Gasteiger partial charge in [-0.25, -0.2) is 0 Å². The van der Waals surface area contributed by atoms with Crippen LogP contribution in [0.1, 0.15) is 36.4 Å². The third kappa shape index (κ3) is 2.84. The van der Waals surface area contributed by atoms with Gasteiger partial charge >= 0.3 is 0 Å². The zero-order valence-corrected chi connectivity index (χ0v) is 15.0. The van der Waals surface area contributed by atoms with Gasteiger partial charge in [0.25, 0.3) is 0 Å². The third-order valence-corrected chi connectivity index (χ3v) is 5.78. The maximum Gasteiger partial charge on any atom is 0.100 e. The van der Waals surface area contributed by atoms with E-state index in [1.807, 2.05) is 12.4 Å². The van der Waals surface area contributed by atoms with E-state index in [1.165, 1.54) is 41.5 Å².